The summed E-state index contributed by atoms with van der Waals surface area (Å²) in [6.45, 7) is 0. The molecule has 20 heavy (non-hydrogen) atoms. The molecule has 4 nitrogen and oxygen atoms in total. The number of nitrogens with two attached hydrogens (primary N) is 1. The van der Waals surface area contributed by atoms with Crippen LogP contribution in [-0.4, -0.2) is 14.5 Å². The molecular weight excluding hydrogens is 272 g/mol. The summed E-state index contributed by atoms with van der Waals surface area (Å²) in [5.74, 6) is 0.882. The van der Waals surface area contributed by atoms with Crippen molar-refractivity contribution in [2.24, 2.45) is 0 Å². The van der Waals surface area contributed by atoms with E-state index in [-0.39, 0.29) is 0 Å². The van der Waals surface area contributed by atoms with Gasteiger partial charge in [0.2, 0.25) is 0 Å². The third-order valence-corrected chi connectivity index (χ3v) is 3.96. The number of nitrogen functional groups attached to an aromatic ring is 1. The Balaban J connectivity index is 2.03. The summed E-state index contributed by atoms with van der Waals surface area (Å²) < 4.78 is 2.26. The highest BCUT2D eigenvalue weighted by Crippen LogP contribution is 2.42. The predicted molar refractivity (Wildman–Crippen MR) is 80.7 cm³/mol. The van der Waals surface area contributed by atoms with Crippen molar-refractivity contribution in [1.82, 2.24) is 14.5 Å². The Morgan fingerprint density at radius 1 is 1.25 bits per heavy atom. The second kappa shape index (κ2) is 4.21. The van der Waals surface area contributed by atoms with Crippen LogP contribution < -0.4 is 5.73 Å². The van der Waals surface area contributed by atoms with Crippen molar-refractivity contribution in [3.8, 4) is 11.4 Å². The molecule has 3 aromatic rings. The van der Waals surface area contributed by atoms with Gasteiger partial charge in [0.05, 0.1) is 16.7 Å². The van der Waals surface area contributed by atoms with Crippen LogP contribution in [0.15, 0.2) is 36.7 Å². The molecule has 0 aliphatic heterocycles. The van der Waals surface area contributed by atoms with E-state index in [1.807, 2.05) is 18.2 Å². The van der Waals surface area contributed by atoms with Crippen LogP contribution in [0.5, 0.6) is 0 Å². The van der Waals surface area contributed by atoms with E-state index in [0.717, 1.165) is 22.4 Å². The first-order valence-electron chi connectivity index (χ1n) is 6.61. The summed E-state index contributed by atoms with van der Waals surface area (Å²) >= 11 is 6.33. The Morgan fingerprint density at radius 2 is 2.10 bits per heavy atom. The highest BCUT2D eigenvalue weighted by molar-refractivity contribution is 6.33. The lowest BCUT2D eigenvalue weighted by molar-refractivity contribution is 0.775. The van der Waals surface area contributed by atoms with Gasteiger partial charge in [-0.3, -0.25) is 4.98 Å². The molecular formula is C15H13ClN4. The molecule has 0 radical (unpaired) electrons. The lowest BCUT2D eigenvalue weighted by atomic mass is 10.2. The molecule has 1 aliphatic rings. The standard InChI is InChI=1S/C15H13ClN4/c16-12-4-1-9(17)7-11(12)15-19-13-8-18-6-5-14(13)20(15)10-2-3-10/h1,4-8,10H,2-3,17H2. The van der Waals surface area contributed by atoms with Crippen molar-refractivity contribution in [3.63, 3.8) is 0 Å². The summed E-state index contributed by atoms with van der Waals surface area (Å²) in [7, 11) is 0. The second-order valence-electron chi connectivity index (χ2n) is 5.14. The molecule has 0 atom stereocenters. The van der Waals surface area contributed by atoms with E-state index in [2.05, 4.69) is 9.55 Å². The maximum absolute atomic E-state index is 6.33. The molecule has 0 amide bonds. The van der Waals surface area contributed by atoms with Crippen molar-refractivity contribution >= 4 is 28.3 Å². The summed E-state index contributed by atoms with van der Waals surface area (Å²) in [5, 5.41) is 0.671. The number of halogens is 1. The fourth-order valence-electron chi connectivity index (χ4n) is 2.56. The molecule has 1 aromatic carbocycles. The number of hydrogen-bond donors (Lipinski definition) is 1. The highest BCUT2D eigenvalue weighted by atomic mass is 35.5. The lowest BCUT2D eigenvalue weighted by Gasteiger charge is -2.09. The first kappa shape index (κ1) is 11.7. The van der Waals surface area contributed by atoms with E-state index in [4.69, 9.17) is 22.3 Å². The average Bonchev–Trinajstić information content (AvgIpc) is 3.21. The largest absolute Gasteiger partial charge is 0.399 e. The van der Waals surface area contributed by atoms with Gasteiger partial charge in [-0.1, -0.05) is 11.6 Å². The van der Waals surface area contributed by atoms with Gasteiger partial charge in [-0.05, 0) is 37.1 Å². The predicted octanol–water partition coefficient (Wildman–Crippen LogP) is 3.67. The Hall–Kier alpha value is -2.07. The number of fused-ring (bicyclic) bond motifs is 1. The fourth-order valence-corrected chi connectivity index (χ4v) is 2.76. The zero-order chi connectivity index (χ0) is 13.7. The summed E-state index contributed by atoms with van der Waals surface area (Å²) in [6.07, 6.45) is 5.95. The summed E-state index contributed by atoms with van der Waals surface area (Å²) in [5.41, 5.74) is 9.47. The Bertz CT molecular complexity index is 805. The SMILES string of the molecule is Nc1ccc(Cl)c(-c2nc3cnccc3n2C2CC2)c1. The normalized spacial score (nSPS) is 14.8. The smallest absolute Gasteiger partial charge is 0.143 e. The van der Waals surface area contributed by atoms with E-state index < -0.39 is 0 Å². The number of pyridine rings is 1. The van der Waals surface area contributed by atoms with Gasteiger partial charge in [-0.2, -0.15) is 0 Å². The monoisotopic (exact) mass is 284 g/mol. The number of hydrogen-bond acceptors (Lipinski definition) is 3. The quantitative estimate of drug-likeness (QED) is 0.731. The maximum Gasteiger partial charge on any atom is 0.143 e. The molecule has 1 aliphatic carbocycles. The van der Waals surface area contributed by atoms with Gasteiger partial charge in [-0.15, -0.1) is 0 Å². The molecule has 1 saturated carbocycles. The number of anilines is 1. The van der Waals surface area contributed by atoms with Crippen LogP contribution >= 0.6 is 11.6 Å². The molecule has 2 N–H and O–H groups in total. The molecule has 100 valence electrons. The van der Waals surface area contributed by atoms with Gasteiger partial charge in [-0.25, -0.2) is 4.98 Å². The molecule has 5 heteroatoms. The zero-order valence-corrected chi connectivity index (χ0v) is 11.5. The maximum atomic E-state index is 6.33. The first-order chi connectivity index (χ1) is 9.74. The van der Waals surface area contributed by atoms with Gasteiger partial charge < -0.3 is 10.3 Å². The second-order valence-corrected chi connectivity index (χ2v) is 5.55. The number of rotatable bonds is 2. The Kier molecular flexibility index (Phi) is 2.47. The van der Waals surface area contributed by atoms with E-state index in [1.165, 1.54) is 12.8 Å². The molecule has 2 heterocycles. The molecule has 0 spiro atoms. The molecule has 0 bridgehead atoms. The van der Waals surface area contributed by atoms with Crippen LogP contribution in [0, 0.1) is 0 Å². The fraction of sp³-hybridized carbons (Fsp3) is 0.200. The van der Waals surface area contributed by atoms with Gasteiger partial charge in [0.25, 0.3) is 0 Å². The summed E-state index contributed by atoms with van der Waals surface area (Å²) in [4.78, 5) is 8.85. The third-order valence-electron chi connectivity index (χ3n) is 3.64. The minimum Gasteiger partial charge on any atom is -0.399 e. The van der Waals surface area contributed by atoms with Crippen LogP contribution in [0.3, 0.4) is 0 Å². The van der Waals surface area contributed by atoms with Crippen LogP contribution in [0.2, 0.25) is 5.02 Å². The topological polar surface area (TPSA) is 56.7 Å². The average molecular weight is 285 g/mol. The minimum absolute atomic E-state index is 0.509. The van der Waals surface area contributed by atoms with E-state index in [1.54, 1.807) is 18.5 Å². The number of nitrogens with zero attached hydrogens (tertiary/aromatic N) is 3. The Morgan fingerprint density at radius 3 is 2.90 bits per heavy atom. The molecule has 2 aromatic heterocycles. The van der Waals surface area contributed by atoms with Crippen LogP contribution in [0.25, 0.3) is 22.4 Å². The first-order valence-corrected chi connectivity index (χ1v) is 6.99. The van der Waals surface area contributed by atoms with Crippen molar-refractivity contribution in [3.05, 3.63) is 41.7 Å². The van der Waals surface area contributed by atoms with Crippen molar-refractivity contribution in [2.45, 2.75) is 18.9 Å². The zero-order valence-electron chi connectivity index (χ0n) is 10.8. The van der Waals surface area contributed by atoms with Crippen LogP contribution in [-0.2, 0) is 0 Å². The highest BCUT2D eigenvalue weighted by Gasteiger charge is 2.29. The van der Waals surface area contributed by atoms with Crippen LogP contribution in [0.1, 0.15) is 18.9 Å². The lowest BCUT2D eigenvalue weighted by Crippen LogP contribution is -1.98. The van der Waals surface area contributed by atoms with E-state index in [0.29, 0.717) is 16.8 Å². The van der Waals surface area contributed by atoms with Crippen molar-refractivity contribution in [1.29, 1.82) is 0 Å². The molecule has 4 rings (SSSR count). The van der Waals surface area contributed by atoms with Gasteiger partial charge in [0.1, 0.15) is 11.3 Å². The molecule has 0 saturated heterocycles. The van der Waals surface area contributed by atoms with E-state index in [9.17, 15) is 0 Å². The van der Waals surface area contributed by atoms with Crippen molar-refractivity contribution in [2.75, 3.05) is 5.73 Å². The third kappa shape index (κ3) is 1.76. The molecule has 1 fully saturated rings. The number of imidazole rings is 1. The minimum atomic E-state index is 0.509. The van der Waals surface area contributed by atoms with Gasteiger partial charge >= 0.3 is 0 Å². The van der Waals surface area contributed by atoms with Gasteiger partial charge in [0, 0.05) is 23.5 Å². The Labute approximate surface area is 121 Å². The van der Waals surface area contributed by atoms with Crippen LogP contribution in [0.4, 0.5) is 5.69 Å². The number of aromatic nitrogens is 3. The van der Waals surface area contributed by atoms with Gasteiger partial charge in [0.15, 0.2) is 0 Å². The molecule has 0 unspecified atom stereocenters. The number of benzene rings is 1. The van der Waals surface area contributed by atoms with E-state index >= 15 is 0 Å². The summed E-state index contributed by atoms with van der Waals surface area (Å²) in [6, 6.07) is 8.02. The van der Waals surface area contributed by atoms with Crippen molar-refractivity contribution < 1.29 is 0 Å².